The molecule has 92 valence electrons. The molecule has 3 atom stereocenters. The number of hydrogen-bond donors (Lipinski definition) is 2. The minimum absolute atomic E-state index is 0.887. The molecular weight excluding hydrogens is 208 g/mol. The maximum Gasteiger partial charge on any atom is 0.103 e. The highest BCUT2D eigenvalue weighted by Crippen LogP contribution is 2.19. The highest BCUT2D eigenvalue weighted by atomic mass is 15.2. The quantitative estimate of drug-likeness (QED) is 0.730. The summed E-state index contributed by atoms with van der Waals surface area (Å²) in [5, 5.41) is 2.63. The zero-order valence-corrected chi connectivity index (χ0v) is 10.7. The van der Waals surface area contributed by atoms with Crippen LogP contribution in [0.25, 0.3) is 0 Å². The van der Waals surface area contributed by atoms with Gasteiger partial charge in [-0.25, -0.2) is 0 Å². The van der Waals surface area contributed by atoms with Crippen molar-refractivity contribution in [2.24, 2.45) is 0 Å². The third-order valence-electron chi connectivity index (χ3n) is 4.65. The maximum atomic E-state index is 2.63. The monoisotopic (exact) mass is 232 g/mol. The first-order valence-corrected chi connectivity index (χ1v) is 7.02. The van der Waals surface area contributed by atoms with Crippen molar-refractivity contribution in [3.8, 4) is 0 Å². The minimum Gasteiger partial charge on any atom is -0.341 e. The van der Waals surface area contributed by atoms with E-state index in [1.807, 2.05) is 0 Å². The van der Waals surface area contributed by atoms with Crippen molar-refractivity contribution < 1.29 is 10.2 Å². The Morgan fingerprint density at radius 1 is 1.12 bits per heavy atom. The van der Waals surface area contributed by atoms with Crippen LogP contribution in [-0.2, 0) is 6.54 Å². The zero-order valence-electron chi connectivity index (χ0n) is 10.7. The fourth-order valence-corrected chi connectivity index (χ4v) is 3.69. The molecule has 0 amide bonds. The molecule has 0 radical (unpaired) electrons. The summed E-state index contributed by atoms with van der Waals surface area (Å²) >= 11 is 0. The first-order chi connectivity index (χ1) is 8.31. The van der Waals surface area contributed by atoms with Crippen molar-refractivity contribution in [2.45, 2.75) is 50.4 Å². The number of fused-ring (bicyclic) bond motifs is 2. The van der Waals surface area contributed by atoms with Gasteiger partial charge in [-0.2, -0.15) is 0 Å². The average molecular weight is 232 g/mol. The molecule has 2 bridgehead atoms. The standard InChI is InChI=1S/C15H22N2/c1-17(11-12-5-3-2-4-6-12)15-9-13-7-8-14(10-15)16-13/h2-6,13-16H,7-11H2,1H3/p+2. The van der Waals surface area contributed by atoms with Gasteiger partial charge in [-0.05, 0) is 0 Å². The van der Waals surface area contributed by atoms with Crippen LogP contribution in [0, 0.1) is 0 Å². The van der Waals surface area contributed by atoms with Crippen LogP contribution in [0.4, 0.5) is 0 Å². The Morgan fingerprint density at radius 2 is 1.76 bits per heavy atom. The number of nitrogens with two attached hydrogens (primary N) is 1. The second-order valence-corrected chi connectivity index (χ2v) is 5.97. The molecule has 2 nitrogen and oxygen atoms in total. The lowest BCUT2D eigenvalue weighted by Crippen LogP contribution is -3.14. The molecule has 1 aromatic rings. The van der Waals surface area contributed by atoms with Crippen LogP contribution >= 0.6 is 0 Å². The van der Waals surface area contributed by atoms with Gasteiger partial charge in [0, 0.05) is 18.4 Å². The van der Waals surface area contributed by atoms with Crippen LogP contribution in [0.2, 0.25) is 0 Å². The molecule has 1 aromatic carbocycles. The number of hydrogen-bond acceptors (Lipinski definition) is 0. The summed E-state index contributed by atoms with van der Waals surface area (Å²) in [6, 6.07) is 13.7. The van der Waals surface area contributed by atoms with Gasteiger partial charge in [-0.15, -0.1) is 0 Å². The molecule has 3 unspecified atom stereocenters. The van der Waals surface area contributed by atoms with Gasteiger partial charge < -0.3 is 10.2 Å². The molecule has 2 heteroatoms. The third-order valence-corrected chi connectivity index (χ3v) is 4.65. The fourth-order valence-electron chi connectivity index (χ4n) is 3.69. The molecule has 17 heavy (non-hydrogen) atoms. The van der Waals surface area contributed by atoms with Crippen LogP contribution in [-0.4, -0.2) is 25.2 Å². The summed E-state index contributed by atoms with van der Waals surface area (Å²) in [4.78, 5) is 1.71. The van der Waals surface area contributed by atoms with Crippen molar-refractivity contribution in [1.29, 1.82) is 0 Å². The molecule has 0 aromatic heterocycles. The Hall–Kier alpha value is -0.860. The molecule has 2 saturated heterocycles. The minimum atomic E-state index is 0.887. The SMILES string of the molecule is C[NH+](Cc1ccccc1)C1CC2CCC(C1)[NH2+]2. The molecule has 2 aliphatic heterocycles. The largest absolute Gasteiger partial charge is 0.341 e. The normalized spacial score (nSPS) is 33.6. The number of benzene rings is 1. The van der Waals surface area contributed by atoms with Crippen LogP contribution in [0.3, 0.4) is 0 Å². The molecule has 2 fully saturated rings. The van der Waals surface area contributed by atoms with Gasteiger partial charge in [0.05, 0.1) is 38.0 Å². The number of piperidine rings is 1. The van der Waals surface area contributed by atoms with Gasteiger partial charge in [0.2, 0.25) is 0 Å². The summed E-state index contributed by atoms with van der Waals surface area (Å²) < 4.78 is 0. The molecule has 0 saturated carbocycles. The third kappa shape index (κ3) is 2.53. The predicted octanol–water partition coefficient (Wildman–Crippen LogP) is -0.0419. The van der Waals surface area contributed by atoms with Crippen molar-refractivity contribution in [2.75, 3.05) is 7.05 Å². The summed E-state index contributed by atoms with van der Waals surface area (Å²) in [6.07, 6.45) is 5.77. The van der Waals surface area contributed by atoms with Gasteiger partial charge >= 0.3 is 0 Å². The van der Waals surface area contributed by atoms with Gasteiger partial charge in [0.25, 0.3) is 0 Å². The average Bonchev–Trinajstić information content (AvgIpc) is 2.69. The first kappa shape index (κ1) is 11.2. The smallest absolute Gasteiger partial charge is 0.103 e. The van der Waals surface area contributed by atoms with E-state index in [2.05, 4.69) is 42.7 Å². The summed E-state index contributed by atoms with van der Waals surface area (Å²) in [5.41, 5.74) is 1.48. The number of rotatable bonds is 3. The molecule has 0 spiro atoms. The Morgan fingerprint density at radius 3 is 2.41 bits per heavy atom. The van der Waals surface area contributed by atoms with Crippen molar-refractivity contribution in [3.05, 3.63) is 35.9 Å². The van der Waals surface area contributed by atoms with E-state index in [9.17, 15) is 0 Å². The van der Waals surface area contributed by atoms with E-state index in [-0.39, 0.29) is 0 Å². The van der Waals surface area contributed by atoms with E-state index < -0.39 is 0 Å². The van der Waals surface area contributed by atoms with Gasteiger partial charge in [-0.1, -0.05) is 30.3 Å². The maximum absolute atomic E-state index is 2.63. The van der Waals surface area contributed by atoms with Gasteiger partial charge in [0.15, 0.2) is 0 Å². The highest BCUT2D eigenvalue weighted by Gasteiger charge is 2.40. The summed E-state index contributed by atoms with van der Waals surface area (Å²) in [7, 11) is 2.38. The van der Waals surface area contributed by atoms with E-state index in [1.54, 1.807) is 4.90 Å². The second kappa shape index (κ2) is 4.79. The Labute approximate surface area is 104 Å². The van der Waals surface area contributed by atoms with Gasteiger partial charge in [-0.3, -0.25) is 0 Å². The molecular formula is C15H24N2+2. The van der Waals surface area contributed by atoms with E-state index in [4.69, 9.17) is 0 Å². The van der Waals surface area contributed by atoms with Crippen LogP contribution in [0.5, 0.6) is 0 Å². The lowest BCUT2D eigenvalue weighted by atomic mass is 9.98. The molecule has 2 aliphatic rings. The molecule has 0 aliphatic carbocycles. The van der Waals surface area contributed by atoms with E-state index in [0.717, 1.165) is 18.1 Å². The van der Waals surface area contributed by atoms with Gasteiger partial charge in [0.1, 0.15) is 6.54 Å². The van der Waals surface area contributed by atoms with Crippen molar-refractivity contribution in [3.63, 3.8) is 0 Å². The summed E-state index contributed by atoms with van der Waals surface area (Å²) in [5.74, 6) is 0. The highest BCUT2D eigenvalue weighted by molar-refractivity contribution is 5.13. The number of quaternary nitrogens is 2. The van der Waals surface area contributed by atoms with Crippen molar-refractivity contribution in [1.82, 2.24) is 0 Å². The molecule has 3 rings (SSSR count). The zero-order chi connectivity index (χ0) is 11.7. The second-order valence-electron chi connectivity index (χ2n) is 5.97. The lowest BCUT2D eigenvalue weighted by molar-refractivity contribution is -0.930. The van der Waals surface area contributed by atoms with Crippen molar-refractivity contribution >= 4 is 0 Å². The van der Waals surface area contributed by atoms with Crippen LogP contribution in [0.1, 0.15) is 31.2 Å². The van der Waals surface area contributed by atoms with E-state index in [0.29, 0.717) is 0 Å². The Kier molecular flexibility index (Phi) is 3.17. The summed E-state index contributed by atoms with van der Waals surface area (Å²) in [6.45, 7) is 1.19. The Balaban J connectivity index is 1.61. The fraction of sp³-hybridized carbons (Fsp3) is 0.600. The van der Waals surface area contributed by atoms with E-state index in [1.165, 1.54) is 37.8 Å². The molecule has 3 N–H and O–H groups in total. The number of nitrogens with one attached hydrogen (secondary N) is 1. The van der Waals surface area contributed by atoms with Crippen LogP contribution < -0.4 is 10.2 Å². The predicted molar refractivity (Wildman–Crippen MR) is 68.8 cm³/mol. The molecule has 2 heterocycles. The Bertz CT molecular complexity index is 350. The van der Waals surface area contributed by atoms with Crippen LogP contribution in [0.15, 0.2) is 30.3 Å². The topological polar surface area (TPSA) is 21.1 Å². The first-order valence-electron chi connectivity index (χ1n) is 7.02. The van der Waals surface area contributed by atoms with E-state index >= 15 is 0 Å². The lowest BCUT2D eigenvalue weighted by Gasteiger charge is -2.30.